The average molecular weight is 449 g/mol. The Bertz CT molecular complexity index is 1080. The highest BCUT2D eigenvalue weighted by molar-refractivity contribution is 9.10. The summed E-state index contributed by atoms with van der Waals surface area (Å²) < 4.78 is 26.6. The summed E-state index contributed by atoms with van der Waals surface area (Å²) >= 11 is 3.44. The Balaban J connectivity index is 1.66. The number of halogens is 1. The summed E-state index contributed by atoms with van der Waals surface area (Å²) in [5, 5.41) is 10.8. The van der Waals surface area contributed by atoms with Crippen molar-refractivity contribution in [3.05, 3.63) is 64.4 Å². The average Bonchev–Trinajstić information content (AvgIpc) is 3.15. The fourth-order valence-corrected chi connectivity index (χ4v) is 6.05. The topological polar surface area (TPSA) is 72.2 Å². The molecule has 0 spiro atoms. The number of nitrogens with zero attached hydrogens (tertiary/aromatic N) is 2. The number of para-hydroxylation sites is 2. The fourth-order valence-electron chi connectivity index (χ4n) is 3.77. The monoisotopic (exact) mass is 448 g/mol. The van der Waals surface area contributed by atoms with Crippen LogP contribution in [0.5, 0.6) is 0 Å². The first kappa shape index (κ1) is 18.7. The molecule has 2 atom stereocenters. The van der Waals surface area contributed by atoms with Crippen LogP contribution < -0.4 is 0 Å². The largest absolute Gasteiger partial charge is 0.387 e. The molecule has 2 aromatic carbocycles. The van der Waals surface area contributed by atoms with Crippen LogP contribution in [0.3, 0.4) is 0 Å². The normalized spacial score (nSPS) is 20.1. The molecule has 7 heteroatoms. The van der Waals surface area contributed by atoms with Crippen molar-refractivity contribution in [2.75, 3.05) is 11.5 Å². The lowest BCUT2D eigenvalue weighted by Gasteiger charge is -2.16. The van der Waals surface area contributed by atoms with Gasteiger partial charge in [-0.15, -0.1) is 0 Å². The quantitative estimate of drug-likeness (QED) is 0.647. The molecule has 0 aliphatic carbocycles. The minimum absolute atomic E-state index is 0.0913. The molecule has 3 aromatic rings. The second-order valence-corrected chi connectivity index (χ2v) is 10.3. The molecule has 1 aliphatic heterocycles. The van der Waals surface area contributed by atoms with Gasteiger partial charge >= 0.3 is 0 Å². The number of rotatable bonds is 5. The first-order chi connectivity index (χ1) is 12.9. The van der Waals surface area contributed by atoms with Gasteiger partial charge in [-0.1, -0.05) is 40.2 Å². The van der Waals surface area contributed by atoms with Gasteiger partial charge in [0.15, 0.2) is 9.84 Å². The third-order valence-electron chi connectivity index (χ3n) is 5.12. The Morgan fingerprint density at radius 2 is 2.04 bits per heavy atom. The van der Waals surface area contributed by atoms with Crippen molar-refractivity contribution in [3.8, 4) is 0 Å². The molecule has 0 bridgehead atoms. The molecule has 2 heterocycles. The summed E-state index contributed by atoms with van der Waals surface area (Å²) in [6.07, 6.45) is 0.616. The van der Waals surface area contributed by atoms with Crippen LogP contribution in [0, 0.1) is 5.92 Å². The van der Waals surface area contributed by atoms with E-state index in [0.717, 1.165) is 26.9 Å². The van der Waals surface area contributed by atoms with Crippen LogP contribution in [-0.2, 0) is 22.8 Å². The fraction of sp³-hybridized carbons (Fsp3) is 0.350. The van der Waals surface area contributed by atoms with Crippen LogP contribution in [0.4, 0.5) is 0 Å². The van der Waals surface area contributed by atoms with Crippen molar-refractivity contribution in [3.63, 3.8) is 0 Å². The molecule has 0 radical (unpaired) electrons. The Morgan fingerprint density at radius 1 is 1.22 bits per heavy atom. The van der Waals surface area contributed by atoms with Crippen molar-refractivity contribution in [1.82, 2.24) is 9.55 Å². The van der Waals surface area contributed by atoms with E-state index in [1.165, 1.54) is 0 Å². The van der Waals surface area contributed by atoms with Gasteiger partial charge in [0.1, 0.15) is 5.82 Å². The summed E-state index contributed by atoms with van der Waals surface area (Å²) in [6, 6.07) is 15.5. The van der Waals surface area contributed by atoms with Gasteiger partial charge in [-0.2, -0.15) is 0 Å². The number of sulfone groups is 1. The maximum absolute atomic E-state index is 11.8. The molecule has 27 heavy (non-hydrogen) atoms. The predicted molar refractivity (Wildman–Crippen MR) is 109 cm³/mol. The highest BCUT2D eigenvalue weighted by Gasteiger charge is 2.29. The van der Waals surface area contributed by atoms with E-state index in [2.05, 4.69) is 15.9 Å². The van der Waals surface area contributed by atoms with Gasteiger partial charge in [-0.3, -0.25) is 0 Å². The molecule has 1 fully saturated rings. The van der Waals surface area contributed by atoms with Gasteiger partial charge in [0, 0.05) is 10.9 Å². The first-order valence-electron chi connectivity index (χ1n) is 8.99. The van der Waals surface area contributed by atoms with E-state index in [-0.39, 0.29) is 17.4 Å². The highest BCUT2D eigenvalue weighted by Crippen LogP contribution is 2.27. The maximum atomic E-state index is 11.8. The van der Waals surface area contributed by atoms with E-state index in [4.69, 9.17) is 4.98 Å². The Hall–Kier alpha value is -1.70. The molecule has 1 aliphatic rings. The number of aliphatic hydroxyl groups is 1. The van der Waals surface area contributed by atoms with Gasteiger partial charge < -0.3 is 9.67 Å². The Kier molecular flexibility index (Phi) is 5.09. The molecule has 1 saturated heterocycles. The lowest BCUT2D eigenvalue weighted by molar-refractivity contribution is 0.156. The molecule has 0 unspecified atom stereocenters. The van der Waals surface area contributed by atoms with Gasteiger partial charge in [0.2, 0.25) is 0 Å². The molecule has 0 amide bonds. The van der Waals surface area contributed by atoms with Gasteiger partial charge in [0.25, 0.3) is 0 Å². The van der Waals surface area contributed by atoms with Crippen LogP contribution in [0.1, 0.15) is 23.9 Å². The van der Waals surface area contributed by atoms with Gasteiger partial charge in [-0.05, 0) is 42.2 Å². The predicted octanol–water partition coefficient (Wildman–Crippen LogP) is 3.51. The van der Waals surface area contributed by atoms with E-state index in [0.29, 0.717) is 19.4 Å². The summed E-state index contributed by atoms with van der Waals surface area (Å²) in [5.41, 5.74) is 2.66. The summed E-state index contributed by atoms with van der Waals surface area (Å²) in [4.78, 5) is 4.74. The van der Waals surface area contributed by atoms with E-state index in [1.807, 2.05) is 53.1 Å². The van der Waals surface area contributed by atoms with Crippen LogP contribution >= 0.6 is 15.9 Å². The molecule has 1 N–H and O–H groups in total. The second kappa shape index (κ2) is 7.37. The number of fused-ring (bicyclic) bond motifs is 1. The van der Waals surface area contributed by atoms with Gasteiger partial charge in [-0.25, -0.2) is 13.4 Å². The molecule has 5 nitrogen and oxygen atoms in total. The Labute approximate surface area is 167 Å². The third-order valence-corrected chi connectivity index (χ3v) is 7.45. The van der Waals surface area contributed by atoms with E-state index in [9.17, 15) is 13.5 Å². The van der Waals surface area contributed by atoms with Gasteiger partial charge in [0.05, 0.1) is 35.2 Å². The van der Waals surface area contributed by atoms with Crippen molar-refractivity contribution in [2.24, 2.45) is 5.92 Å². The van der Waals surface area contributed by atoms with Crippen molar-refractivity contribution < 1.29 is 13.5 Å². The van der Waals surface area contributed by atoms with E-state index < -0.39 is 15.9 Å². The lowest BCUT2D eigenvalue weighted by atomic mass is 10.0. The Morgan fingerprint density at radius 3 is 2.78 bits per heavy atom. The summed E-state index contributed by atoms with van der Waals surface area (Å²) in [6.45, 7) is 0.381. The molecule has 142 valence electrons. The minimum Gasteiger partial charge on any atom is -0.387 e. The minimum atomic E-state index is -2.92. The van der Waals surface area contributed by atoms with E-state index in [1.54, 1.807) is 0 Å². The van der Waals surface area contributed by atoms with Crippen molar-refractivity contribution >= 4 is 36.8 Å². The molecular formula is C20H21BrN2O3S. The number of hydrogen-bond acceptors (Lipinski definition) is 4. The van der Waals surface area contributed by atoms with Crippen molar-refractivity contribution in [1.29, 1.82) is 0 Å². The molecule has 4 rings (SSSR count). The molecule has 1 aromatic heterocycles. The summed E-state index contributed by atoms with van der Waals surface area (Å²) in [5.74, 6) is 1.42. The summed E-state index contributed by atoms with van der Waals surface area (Å²) in [7, 11) is -2.92. The molecular weight excluding hydrogens is 428 g/mol. The number of aromatic nitrogens is 2. The zero-order valence-corrected chi connectivity index (χ0v) is 17.2. The third kappa shape index (κ3) is 4.10. The van der Waals surface area contributed by atoms with Crippen LogP contribution in [-0.4, -0.2) is 34.6 Å². The molecule has 0 saturated carbocycles. The standard InChI is InChI=1S/C20H21BrN2O3S/c21-16-5-3-4-15(11-16)19(24)12-23-18-7-2-1-6-17(18)22-20(23)10-14-8-9-27(25,26)13-14/h1-7,11,14,19,24H,8-10,12-13H2/t14-,19+/m1/s1. The number of hydrogen-bond donors (Lipinski definition) is 1. The maximum Gasteiger partial charge on any atom is 0.150 e. The smallest absolute Gasteiger partial charge is 0.150 e. The number of benzene rings is 2. The van der Waals surface area contributed by atoms with Crippen LogP contribution in [0.2, 0.25) is 0 Å². The highest BCUT2D eigenvalue weighted by atomic mass is 79.9. The van der Waals surface area contributed by atoms with E-state index >= 15 is 0 Å². The SMILES string of the molecule is O=S1(=O)CC[C@H](Cc2nc3ccccc3n2C[C@H](O)c2cccc(Br)c2)C1. The second-order valence-electron chi connectivity index (χ2n) is 7.17. The number of aliphatic hydroxyl groups excluding tert-OH is 1. The lowest BCUT2D eigenvalue weighted by Crippen LogP contribution is -2.15. The zero-order valence-electron chi connectivity index (χ0n) is 14.8. The number of imidazole rings is 1. The van der Waals surface area contributed by atoms with Crippen molar-refractivity contribution in [2.45, 2.75) is 25.5 Å². The van der Waals surface area contributed by atoms with Crippen LogP contribution in [0.25, 0.3) is 11.0 Å². The van der Waals surface area contributed by atoms with Crippen LogP contribution in [0.15, 0.2) is 53.0 Å². The first-order valence-corrected chi connectivity index (χ1v) is 11.6. The zero-order chi connectivity index (χ0) is 19.0.